The quantitative estimate of drug-likeness (QED) is 0.184. The lowest BCUT2D eigenvalue weighted by Crippen LogP contribution is -2.42. The first kappa shape index (κ1) is 29.4. The Balaban J connectivity index is 1.22. The van der Waals surface area contributed by atoms with Crippen LogP contribution in [0.5, 0.6) is 5.88 Å². The number of benzene rings is 1. The largest absolute Gasteiger partial charge is 0.509 e. The van der Waals surface area contributed by atoms with Crippen molar-refractivity contribution in [2.75, 3.05) is 37.6 Å². The lowest BCUT2D eigenvalue weighted by Gasteiger charge is -2.30. The molecule has 3 fully saturated rings. The van der Waals surface area contributed by atoms with E-state index < -0.39 is 44.1 Å². The highest BCUT2D eigenvalue weighted by Gasteiger charge is 2.64. The molecule has 0 aliphatic carbocycles. The molecule has 0 radical (unpaired) electrons. The third-order valence-electron chi connectivity index (χ3n) is 7.12. The Bertz CT molecular complexity index is 1530. The molecular weight excluding hydrogens is 613 g/mol. The lowest BCUT2D eigenvalue weighted by molar-refractivity contribution is -0.0925. The fourth-order valence-electron chi connectivity index (χ4n) is 5.19. The van der Waals surface area contributed by atoms with Crippen LogP contribution in [0.25, 0.3) is 11.2 Å². The van der Waals surface area contributed by atoms with Crippen LogP contribution in [0.3, 0.4) is 0 Å². The van der Waals surface area contributed by atoms with Crippen LogP contribution < -0.4 is 10.5 Å². The molecule has 42 heavy (non-hydrogen) atoms. The maximum atomic E-state index is 13.4. The Morgan fingerprint density at radius 3 is 3.00 bits per heavy atom. The van der Waals surface area contributed by atoms with Gasteiger partial charge in [0.05, 0.1) is 32.3 Å². The second-order valence-corrected chi connectivity index (χ2v) is 13.1. The van der Waals surface area contributed by atoms with Gasteiger partial charge in [0.15, 0.2) is 29.1 Å². The van der Waals surface area contributed by atoms with Crippen LogP contribution in [-0.2, 0) is 32.3 Å². The Labute approximate surface area is 250 Å². The van der Waals surface area contributed by atoms with E-state index >= 15 is 0 Å². The molecule has 6 atom stereocenters. The first-order valence-electron chi connectivity index (χ1n) is 13.2. The number of nitrogen functional groups attached to an aromatic ring is 1. The average Bonchev–Trinajstić information content (AvgIpc) is 3.58. The molecule has 3 aliphatic rings. The van der Waals surface area contributed by atoms with Gasteiger partial charge in [-0.3, -0.25) is 18.1 Å². The van der Waals surface area contributed by atoms with Crippen molar-refractivity contribution in [2.45, 2.75) is 49.9 Å². The Morgan fingerprint density at radius 1 is 1.33 bits per heavy atom. The zero-order valence-electron chi connectivity index (χ0n) is 22.7. The van der Waals surface area contributed by atoms with Crippen LogP contribution in [0.1, 0.15) is 37.7 Å². The summed E-state index contributed by atoms with van der Waals surface area (Å²) in [4.78, 5) is 25.3. The smallest absolute Gasteiger partial charge is 0.476 e. The van der Waals surface area contributed by atoms with E-state index in [-0.39, 0.29) is 25.0 Å². The van der Waals surface area contributed by atoms with Gasteiger partial charge >= 0.3 is 14.0 Å². The highest BCUT2D eigenvalue weighted by atomic mass is 35.5. The number of carbonyl (C=O) groups excluding carboxylic acids is 1. The number of hydrogen-bond acceptors (Lipinski definition) is 14. The van der Waals surface area contributed by atoms with E-state index in [9.17, 15) is 9.36 Å². The first-order chi connectivity index (χ1) is 20.2. The number of rotatable bonds is 10. The number of phosphoric acid groups is 1. The van der Waals surface area contributed by atoms with Crippen molar-refractivity contribution >= 4 is 54.5 Å². The van der Waals surface area contributed by atoms with Gasteiger partial charge < -0.3 is 24.7 Å². The van der Waals surface area contributed by atoms with Gasteiger partial charge in [0, 0.05) is 11.4 Å². The van der Waals surface area contributed by atoms with Gasteiger partial charge in [-0.25, -0.2) is 14.3 Å². The second kappa shape index (κ2) is 11.8. The summed E-state index contributed by atoms with van der Waals surface area (Å²) in [5, 5.41) is 0.527. The SMILES string of the molecule is CSCCCOc1nc(N)nc2c1ncn2C1OC(COP2(=O)OCCC(c3cccc(Cl)c3)O2)C2OC(=O)OC21C. The molecule has 0 saturated carbocycles. The standard InChI is InChI=1S/C25H29ClN5O9PS/c1-25-19(38-24(32)39-25)17(12-36-41(33)35-9-7-16(40-41)14-5-3-6-15(26)11-14)37-22(25)31-13-28-18-20(31)29-23(27)30-21(18)34-8-4-10-42-2/h3,5-6,11,13,16-17,19,22H,4,7-10,12H2,1-2H3,(H2,27,29,30). The van der Waals surface area contributed by atoms with Crippen LogP contribution >= 0.6 is 31.2 Å². The number of thioether (sulfide) groups is 1. The van der Waals surface area contributed by atoms with Gasteiger partial charge in [-0.05, 0) is 43.0 Å². The number of hydrogen-bond donors (Lipinski definition) is 1. The topological polar surface area (TPSA) is 168 Å². The average molecular weight is 642 g/mol. The van der Waals surface area contributed by atoms with Crippen molar-refractivity contribution in [3.8, 4) is 5.88 Å². The van der Waals surface area contributed by atoms with Crippen molar-refractivity contribution in [3.05, 3.63) is 41.2 Å². The number of phosphoric ester groups is 1. The minimum absolute atomic E-state index is 0.0256. The maximum absolute atomic E-state index is 13.4. The number of nitrogens with zero attached hydrogens (tertiary/aromatic N) is 4. The van der Waals surface area contributed by atoms with E-state index in [0.29, 0.717) is 29.2 Å². The van der Waals surface area contributed by atoms with Crippen LogP contribution in [0.4, 0.5) is 10.7 Å². The van der Waals surface area contributed by atoms with Crippen molar-refractivity contribution < 1.29 is 41.9 Å². The van der Waals surface area contributed by atoms with Crippen molar-refractivity contribution in [1.29, 1.82) is 0 Å². The second-order valence-electron chi connectivity index (χ2n) is 10.0. The number of anilines is 1. The van der Waals surface area contributed by atoms with E-state index in [0.717, 1.165) is 17.7 Å². The molecule has 3 aromatic rings. The summed E-state index contributed by atoms with van der Waals surface area (Å²) in [5.41, 5.74) is 6.10. The molecule has 5 heterocycles. The van der Waals surface area contributed by atoms with E-state index in [4.69, 9.17) is 49.9 Å². The molecule has 0 amide bonds. The number of carbonyl (C=O) groups is 1. The van der Waals surface area contributed by atoms with Gasteiger partial charge in [0.25, 0.3) is 0 Å². The monoisotopic (exact) mass is 641 g/mol. The molecule has 6 rings (SSSR count). The maximum Gasteiger partial charge on any atom is 0.509 e. The summed E-state index contributed by atoms with van der Waals surface area (Å²) >= 11 is 7.83. The summed E-state index contributed by atoms with van der Waals surface area (Å²) in [6, 6.07) is 7.08. The van der Waals surface area contributed by atoms with Crippen LogP contribution in [0.15, 0.2) is 30.6 Å². The van der Waals surface area contributed by atoms with Crippen LogP contribution in [-0.4, -0.2) is 75.3 Å². The summed E-state index contributed by atoms with van der Waals surface area (Å²) < 4.78 is 55.1. The normalized spacial score (nSPS) is 30.7. The molecular formula is C25H29ClN5O9PS. The van der Waals surface area contributed by atoms with E-state index in [1.165, 1.54) is 6.33 Å². The minimum Gasteiger partial charge on any atom is -0.476 e. The van der Waals surface area contributed by atoms with Crippen molar-refractivity contribution in [3.63, 3.8) is 0 Å². The Morgan fingerprint density at radius 2 is 2.19 bits per heavy atom. The summed E-state index contributed by atoms with van der Waals surface area (Å²) in [7, 11) is -4.00. The zero-order chi connectivity index (χ0) is 29.5. The van der Waals surface area contributed by atoms with Gasteiger partial charge in [-0.15, -0.1) is 0 Å². The third-order valence-corrected chi connectivity index (χ3v) is 9.53. The Kier molecular flexibility index (Phi) is 8.26. The molecule has 6 unspecified atom stereocenters. The number of imidazole rings is 1. The zero-order valence-corrected chi connectivity index (χ0v) is 25.2. The molecule has 1 aromatic carbocycles. The molecule has 14 nitrogen and oxygen atoms in total. The van der Waals surface area contributed by atoms with Crippen LogP contribution in [0.2, 0.25) is 5.02 Å². The molecule has 0 spiro atoms. The predicted octanol–water partition coefficient (Wildman–Crippen LogP) is 4.69. The predicted molar refractivity (Wildman–Crippen MR) is 151 cm³/mol. The molecule has 226 valence electrons. The van der Waals surface area contributed by atoms with Gasteiger partial charge in [-0.1, -0.05) is 23.7 Å². The number of fused-ring (bicyclic) bond motifs is 2. The molecule has 2 N–H and O–H groups in total. The molecule has 0 bridgehead atoms. The molecule has 2 aromatic heterocycles. The number of nitrogens with two attached hydrogens (primary N) is 1. The Hall–Kier alpha value is -2.65. The summed E-state index contributed by atoms with van der Waals surface area (Å²) in [5.74, 6) is 1.13. The van der Waals surface area contributed by atoms with E-state index in [1.54, 1.807) is 41.5 Å². The fraction of sp³-hybridized carbons (Fsp3) is 0.520. The third kappa shape index (κ3) is 5.66. The van der Waals surface area contributed by atoms with Gasteiger partial charge in [0.1, 0.15) is 6.10 Å². The lowest BCUT2D eigenvalue weighted by atomic mass is 9.96. The van der Waals surface area contributed by atoms with E-state index in [1.807, 2.05) is 12.3 Å². The van der Waals surface area contributed by atoms with Crippen molar-refractivity contribution in [1.82, 2.24) is 19.5 Å². The summed E-state index contributed by atoms with van der Waals surface area (Å²) in [6.07, 6.45) is 0.549. The van der Waals surface area contributed by atoms with Crippen molar-refractivity contribution in [2.24, 2.45) is 0 Å². The number of ether oxygens (including phenoxy) is 4. The van der Waals surface area contributed by atoms with Gasteiger partial charge in [0.2, 0.25) is 11.8 Å². The van der Waals surface area contributed by atoms with Gasteiger partial charge in [-0.2, -0.15) is 21.7 Å². The molecule has 3 aliphatic heterocycles. The molecule has 3 saturated heterocycles. The first-order valence-corrected chi connectivity index (χ1v) is 16.4. The number of halogens is 1. The minimum atomic E-state index is -4.00. The van der Waals surface area contributed by atoms with Crippen LogP contribution in [0, 0.1) is 0 Å². The fourth-order valence-corrected chi connectivity index (χ4v) is 7.19. The van der Waals surface area contributed by atoms with E-state index in [2.05, 4.69) is 15.0 Å². The molecule has 17 heteroatoms. The summed E-state index contributed by atoms with van der Waals surface area (Å²) in [6.45, 7) is 1.94. The highest BCUT2D eigenvalue weighted by Crippen LogP contribution is 2.58. The highest BCUT2D eigenvalue weighted by molar-refractivity contribution is 7.98. The number of aromatic nitrogens is 4.